The molecule has 0 aromatic heterocycles. The number of hydrogen-bond donors (Lipinski definition) is 1. The third-order valence-corrected chi connectivity index (χ3v) is 3.40. The monoisotopic (exact) mass is 200 g/mol. The predicted octanol–water partition coefficient (Wildman–Crippen LogP) is 1.22. The van der Waals surface area contributed by atoms with Gasteiger partial charge in [-0.1, -0.05) is 0 Å². The molecule has 1 saturated heterocycles. The predicted molar refractivity (Wildman–Crippen MR) is 59.4 cm³/mol. The summed E-state index contributed by atoms with van der Waals surface area (Å²) in [6, 6.07) is 0. The van der Waals surface area contributed by atoms with Gasteiger partial charge in [0.15, 0.2) is 0 Å². The lowest BCUT2D eigenvalue weighted by Crippen LogP contribution is -2.62. The van der Waals surface area contributed by atoms with E-state index in [-0.39, 0.29) is 11.1 Å². The Labute approximate surface area is 87.6 Å². The zero-order chi connectivity index (χ0) is 10.8. The molecule has 1 rings (SSSR count). The van der Waals surface area contributed by atoms with Gasteiger partial charge in [0.1, 0.15) is 0 Å². The normalized spacial score (nSPS) is 29.6. The first-order chi connectivity index (χ1) is 6.42. The van der Waals surface area contributed by atoms with Crippen LogP contribution in [0.5, 0.6) is 0 Å². The van der Waals surface area contributed by atoms with Gasteiger partial charge in [0.2, 0.25) is 0 Å². The van der Waals surface area contributed by atoms with E-state index < -0.39 is 0 Å². The van der Waals surface area contributed by atoms with Gasteiger partial charge in [-0.2, -0.15) is 0 Å². The molecule has 3 nitrogen and oxygen atoms in total. The van der Waals surface area contributed by atoms with Crippen LogP contribution in [0.2, 0.25) is 0 Å². The van der Waals surface area contributed by atoms with Crippen molar-refractivity contribution in [3.05, 3.63) is 0 Å². The van der Waals surface area contributed by atoms with Crippen molar-refractivity contribution in [1.29, 1.82) is 0 Å². The molecule has 3 heteroatoms. The summed E-state index contributed by atoms with van der Waals surface area (Å²) < 4.78 is 5.57. The lowest BCUT2D eigenvalue weighted by atomic mass is 9.87. The molecule has 0 saturated carbocycles. The first-order valence-corrected chi connectivity index (χ1v) is 5.44. The van der Waals surface area contributed by atoms with Crippen LogP contribution < -0.4 is 5.73 Å². The topological polar surface area (TPSA) is 38.5 Å². The summed E-state index contributed by atoms with van der Waals surface area (Å²) in [7, 11) is 2.15. The van der Waals surface area contributed by atoms with Crippen molar-refractivity contribution in [2.75, 3.05) is 26.8 Å². The van der Waals surface area contributed by atoms with Crippen LogP contribution in [0.15, 0.2) is 0 Å². The molecule has 0 radical (unpaired) electrons. The Morgan fingerprint density at radius 2 is 2.07 bits per heavy atom. The zero-order valence-electron chi connectivity index (χ0n) is 9.97. The minimum atomic E-state index is 0.0521. The van der Waals surface area contributed by atoms with Gasteiger partial charge in [-0.05, 0) is 40.7 Å². The van der Waals surface area contributed by atoms with Crippen molar-refractivity contribution in [3.8, 4) is 0 Å². The summed E-state index contributed by atoms with van der Waals surface area (Å²) in [5.74, 6) is 0. The van der Waals surface area contributed by atoms with Gasteiger partial charge in [-0.15, -0.1) is 0 Å². The van der Waals surface area contributed by atoms with Crippen LogP contribution in [0.4, 0.5) is 0 Å². The van der Waals surface area contributed by atoms with Crippen molar-refractivity contribution >= 4 is 0 Å². The first-order valence-electron chi connectivity index (χ1n) is 5.44. The number of hydrogen-bond acceptors (Lipinski definition) is 3. The molecule has 0 aromatic rings. The number of nitrogens with two attached hydrogens (primary N) is 1. The lowest BCUT2D eigenvalue weighted by molar-refractivity contribution is -0.0671. The van der Waals surface area contributed by atoms with Crippen molar-refractivity contribution in [2.45, 2.75) is 44.7 Å². The van der Waals surface area contributed by atoms with Crippen molar-refractivity contribution in [1.82, 2.24) is 4.90 Å². The van der Waals surface area contributed by atoms with E-state index in [1.54, 1.807) is 0 Å². The van der Waals surface area contributed by atoms with Gasteiger partial charge >= 0.3 is 0 Å². The van der Waals surface area contributed by atoms with Gasteiger partial charge in [0, 0.05) is 18.7 Å². The van der Waals surface area contributed by atoms with Crippen LogP contribution in [-0.4, -0.2) is 42.8 Å². The summed E-state index contributed by atoms with van der Waals surface area (Å²) >= 11 is 0. The Hall–Kier alpha value is -0.120. The van der Waals surface area contributed by atoms with Gasteiger partial charge in [0.25, 0.3) is 0 Å². The molecule has 1 heterocycles. The van der Waals surface area contributed by atoms with Gasteiger partial charge in [-0.25, -0.2) is 0 Å². The molecule has 14 heavy (non-hydrogen) atoms. The SMILES string of the molecule is CN(C(C)(C)C)C1(CN)CCCOC1. The van der Waals surface area contributed by atoms with Crippen LogP contribution in [0.25, 0.3) is 0 Å². The molecule has 1 fully saturated rings. The molecule has 1 aliphatic rings. The summed E-state index contributed by atoms with van der Waals surface area (Å²) in [4.78, 5) is 2.37. The fourth-order valence-corrected chi connectivity index (χ4v) is 2.11. The van der Waals surface area contributed by atoms with Crippen molar-refractivity contribution < 1.29 is 4.74 Å². The number of likely N-dealkylation sites (N-methyl/N-ethyl adjacent to an activating group) is 1. The lowest BCUT2D eigenvalue weighted by Gasteiger charge is -2.49. The maximum atomic E-state index is 5.91. The van der Waals surface area contributed by atoms with E-state index >= 15 is 0 Å². The van der Waals surface area contributed by atoms with E-state index in [4.69, 9.17) is 10.5 Å². The van der Waals surface area contributed by atoms with Gasteiger partial charge in [0.05, 0.1) is 12.1 Å². The van der Waals surface area contributed by atoms with Crippen LogP contribution >= 0.6 is 0 Å². The second kappa shape index (κ2) is 4.17. The molecule has 84 valence electrons. The molecule has 2 N–H and O–H groups in total. The third-order valence-electron chi connectivity index (χ3n) is 3.40. The van der Waals surface area contributed by atoms with E-state index in [1.165, 1.54) is 0 Å². The molecule has 1 unspecified atom stereocenters. The Morgan fingerprint density at radius 3 is 2.43 bits per heavy atom. The van der Waals surface area contributed by atoms with E-state index in [0.29, 0.717) is 6.54 Å². The highest BCUT2D eigenvalue weighted by Gasteiger charge is 2.40. The summed E-state index contributed by atoms with van der Waals surface area (Å²) in [6.07, 6.45) is 2.27. The Morgan fingerprint density at radius 1 is 1.43 bits per heavy atom. The smallest absolute Gasteiger partial charge is 0.0662 e. The molecule has 0 bridgehead atoms. The van der Waals surface area contributed by atoms with Gasteiger partial charge in [-0.3, -0.25) is 4.90 Å². The highest BCUT2D eigenvalue weighted by atomic mass is 16.5. The first kappa shape index (κ1) is 12.0. The Balaban J connectivity index is 2.77. The molecule has 1 aliphatic heterocycles. The van der Waals surface area contributed by atoms with Crippen LogP contribution in [0, 0.1) is 0 Å². The standard InChI is InChI=1S/C11H24N2O/c1-10(2,3)13(4)11(8-12)6-5-7-14-9-11/h5-9,12H2,1-4H3. The molecule has 0 aromatic carbocycles. The van der Waals surface area contributed by atoms with Crippen molar-refractivity contribution in [2.24, 2.45) is 5.73 Å². The molecule has 0 spiro atoms. The minimum absolute atomic E-state index is 0.0521. The Bertz CT molecular complexity index is 180. The van der Waals surface area contributed by atoms with Crippen LogP contribution in [0.3, 0.4) is 0 Å². The fourth-order valence-electron chi connectivity index (χ4n) is 2.11. The molecular formula is C11H24N2O. The largest absolute Gasteiger partial charge is 0.379 e. The summed E-state index contributed by atoms with van der Waals surface area (Å²) in [5, 5.41) is 0. The van der Waals surface area contributed by atoms with E-state index in [0.717, 1.165) is 26.1 Å². The van der Waals surface area contributed by atoms with E-state index in [1.807, 2.05) is 0 Å². The molecule has 0 amide bonds. The van der Waals surface area contributed by atoms with Crippen molar-refractivity contribution in [3.63, 3.8) is 0 Å². The average Bonchev–Trinajstić information content (AvgIpc) is 2.16. The van der Waals surface area contributed by atoms with E-state index in [9.17, 15) is 0 Å². The third kappa shape index (κ3) is 2.27. The van der Waals surface area contributed by atoms with Crippen LogP contribution in [-0.2, 0) is 4.74 Å². The maximum absolute atomic E-state index is 5.91. The Kier molecular flexibility index (Phi) is 3.56. The highest BCUT2D eigenvalue weighted by molar-refractivity contribution is 4.96. The number of ether oxygens (including phenoxy) is 1. The number of nitrogens with zero attached hydrogens (tertiary/aromatic N) is 1. The fraction of sp³-hybridized carbons (Fsp3) is 1.00. The average molecular weight is 200 g/mol. The van der Waals surface area contributed by atoms with E-state index in [2.05, 4.69) is 32.7 Å². The second-order valence-electron chi connectivity index (χ2n) is 5.31. The maximum Gasteiger partial charge on any atom is 0.0662 e. The van der Waals surface area contributed by atoms with Crippen LogP contribution in [0.1, 0.15) is 33.6 Å². The molecule has 1 atom stereocenters. The quantitative estimate of drug-likeness (QED) is 0.728. The highest BCUT2D eigenvalue weighted by Crippen LogP contribution is 2.29. The summed E-state index contributed by atoms with van der Waals surface area (Å²) in [5.41, 5.74) is 6.12. The second-order valence-corrected chi connectivity index (χ2v) is 5.31. The molecule has 0 aliphatic carbocycles. The summed E-state index contributed by atoms with van der Waals surface area (Å²) in [6.45, 7) is 9.01. The molecular weight excluding hydrogens is 176 g/mol. The number of rotatable bonds is 2. The zero-order valence-corrected chi connectivity index (χ0v) is 9.97. The minimum Gasteiger partial charge on any atom is -0.379 e. The van der Waals surface area contributed by atoms with Gasteiger partial charge < -0.3 is 10.5 Å².